The predicted octanol–water partition coefficient (Wildman–Crippen LogP) is 1.57. The maximum atomic E-state index is 11.7. The van der Waals surface area contributed by atoms with E-state index >= 15 is 0 Å². The molecule has 1 saturated carbocycles. The smallest absolute Gasteiger partial charge is 0.223 e. The predicted molar refractivity (Wildman–Crippen MR) is 78.2 cm³/mol. The van der Waals surface area contributed by atoms with E-state index < -0.39 is 0 Å². The molecule has 0 atom stereocenters. The number of nitrogens with one attached hydrogen (secondary N) is 2. The minimum Gasteiger partial charge on any atom is -0.354 e. The molecule has 0 bridgehead atoms. The summed E-state index contributed by atoms with van der Waals surface area (Å²) in [7, 11) is 0. The summed E-state index contributed by atoms with van der Waals surface area (Å²) in [6, 6.07) is 8.20. The Kier molecular flexibility index (Phi) is 5.16. The molecule has 108 valence electrons. The quantitative estimate of drug-likeness (QED) is 0.742. The number of carbonyl (C=O) groups excluding carboxylic acids is 2. The third-order valence-electron chi connectivity index (χ3n) is 3.42. The van der Waals surface area contributed by atoms with Crippen LogP contribution in [0.4, 0.5) is 0 Å². The van der Waals surface area contributed by atoms with Crippen molar-refractivity contribution >= 4 is 11.8 Å². The lowest BCUT2D eigenvalue weighted by atomic mass is 10.1. The average Bonchev–Trinajstić information content (AvgIpc) is 3.26. The monoisotopic (exact) mass is 274 g/mol. The molecule has 0 aliphatic heterocycles. The summed E-state index contributed by atoms with van der Waals surface area (Å²) in [6.45, 7) is 3.07. The van der Waals surface area contributed by atoms with Gasteiger partial charge in [-0.1, -0.05) is 29.8 Å². The molecule has 0 aromatic heterocycles. The Morgan fingerprint density at radius 3 is 2.65 bits per heavy atom. The van der Waals surface area contributed by atoms with E-state index in [1.165, 1.54) is 11.1 Å². The zero-order chi connectivity index (χ0) is 14.4. The fourth-order valence-electron chi connectivity index (χ4n) is 2.09. The summed E-state index contributed by atoms with van der Waals surface area (Å²) in [4.78, 5) is 23.0. The van der Waals surface area contributed by atoms with Crippen LogP contribution >= 0.6 is 0 Å². The minimum atomic E-state index is 0.0344. The van der Waals surface area contributed by atoms with Crippen molar-refractivity contribution < 1.29 is 9.59 Å². The largest absolute Gasteiger partial charge is 0.354 e. The summed E-state index contributed by atoms with van der Waals surface area (Å²) in [5, 5.41) is 5.66. The molecule has 2 amide bonds. The van der Waals surface area contributed by atoms with Crippen molar-refractivity contribution in [3.05, 3.63) is 35.4 Å². The van der Waals surface area contributed by atoms with Crippen LogP contribution in [0, 0.1) is 12.8 Å². The molecular formula is C16H22N2O2. The number of benzene rings is 1. The number of rotatable bonds is 7. The maximum Gasteiger partial charge on any atom is 0.223 e. The van der Waals surface area contributed by atoms with Gasteiger partial charge in [-0.2, -0.15) is 0 Å². The van der Waals surface area contributed by atoms with E-state index in [0.29, 0.717) is 19.5 Å². The molecule has 2 rings (SSSR count). The topological polar surface area (TPSA) is 58.2 Å². The van der Waals surface area contributed by atoms with Crippen molar-refractivity contribution in [2.75, 3.05) is 13.1 Å². The molecule has 1 aromatic carbocycles. The number of hydrogen-bond donors (Lipinski definition) is 2. The van der Waals surface area contributed by atoms with Crippen molar-refractivity contribution in [3.8, 4) is 0 Å². The molecule has 4 nitrogen and oxygen atoms in total. The van der Waals surface area contributed by atoms with Gasteiger partial charge in [0.15, 0.2) is 0 Å². The van der Waals surface area contributed by atoms with Crippen LogP contribution in [0.25, 0.3) is 0 Å². The highest BCUT2D eigenvalue weighted by atomic mass is 16.2. The van der Waals surface area contributed by atoms with Gasteiger partial charge in [0, 0.05) is 25.4 Å². The maximum absolute atomic E-state index is 11.7. The van der Waals surface area contributed by atoms with Crippen molar-refractivity contribution in [1.82, 2.24) is 10.6 Å². The second-order valence-corrected chi connectivity index (χ2v) is 5.40. The average molecular weight is 274 g/mol. The molecular weight excluding hydrogens is 252 g/mol. The van der Waals surface area contributed by atoms with Gasteiger partial charge in [-0.25, -0.2) is 0 Å². The van der Waals surface area contributed by atoms with E-state index in [4.69, 9.17) is 0 Å². The molecule has 0 radical (unpaired) electrons. The van der Waals surface area contributed by atoms with E-state index in [1.807, 2.05) is 25.1 Å². The van der Waals surface area contributed by atoms with Gasteiger partial charge in [-0.15, -0.1) is 0 Å². The minimum absolute atomic E-state index is 0.0344. The summed E-state index contributed by atoms with van der Waals surface area (Å²) in [6.07, 6.45) is 3.26. The molecule has 0 heterocycles. The molecule has 0 saturated heterocycles. The second-order valence-electron chi connectivity index (χ2n) is 5.40. The van der Waals surface area contributed by atoms with Crippen LogP contribution in [0.2, 0.25) is 0 Å². The van der Waals surface area contributed by atoms with Gasteiger partial charge in [0.25, 0.3) is 0 Å². The molecule has 1 aliphatic carbocycles. The Bertz CT molecular complexity index is 481. The van der Waals surface area contributed by atoms with Gasteiger partial charge in [0.1, 0.15) is 0 Å². The van der Waals surface area contributed by atoms with Crippen LogP contribution in [0.15, 0.2) is 24.3 Å². The second kappa shape index (κ2) is 7.08. The lowest BCUT2D eigenvalue weighted by Gasteiger charge is -2.07. The van der Waals surface area contributed by atoms with Gasteiger partial charge in [0.2, 0.25) is 11.8 Å². The first kappa shape index (κ1) is 14.6. The van der Waals surface area contributed by atoms with Crippen molar-refractivity contribution in [1.29, 1.82) is 0 Å². The first-order valence-corrected chi connectivity index (χ1v) is 7.25. The number of carbonyl (C=O) groups is 2. The van der Waals surface area contributed by atoms with Crippen molar-refractivity contribution in [3.63, 3.8) is 0 Å². The lowest BCUT2D eigenvalue weighted by Crippen LogP contribution is -2.35. The highest BCUT2D eigenvalue weighted by Crippen LogP contribution is 2.28. The van der Waals surface area contributed by atoms with E-state index in [-0.39, 0.29) is 17.7 Å². The summed E-state index contributed by atoms with van der Waals surface area (Å²) >= 11 is 0. The fourth-order valence-corrected chi connectivity index (χ4v) is 2.09. The molecule has 1 fully saturated rings. The van der Waals surface area contributed by atoms with Crippen LogP contribution in [0.5, 0.6) is 0 Å². The molecule has 4 heteroatoms. The summed E-state index contributed by atoms with van der Waals surface area (Å²) < 4.78 is 0. The van der Waals surface area contributed by atoms with Crippen LogP contribution in [0.1, 0.15) is 30.4 Å². The standard InChI is InChI=1S/C16H22N2O2/c1-12-3-2-4-13(11-12)5-8-15(19)17-9-10-18-16(20)14-6-7-14/h2-4,11,14H,5-10H2,1H3,(H,17,19)(H,18,20). The van der Waals surface area contributed by atoms with Crippen LogP contribution in [-0.4, -0.2) is 24.9 Å². The van der Waals surface area contributed by atoms with E-state index in [9.17, 15) is 9.59 Å². The van der Waals surface area contributed by atoms with E-state index in [1.54, 1.807) is 0 Å². The summed E-state index contributed by atoms with van der Waals surface area (Å²) in [5.41, 5.74) is 2.40. The zero-order valence-corrected chi connectivity index (χ0v) is 11.9. The SMILES string of the molecule is Cc1cccc(CCC(=O)NCCNC(=O)C2CC2)c1. The molecule has 0 unspecified atom stereocenters. The Hall–Kier alpha value is -1.84. The van der Waals surface area contributed by atoms with Gasteiger partial charge in [0.05, 0.1) is 0 Å². The van der Waals surface area contributed by atoms with Gasteiger partial charge in [-0.3, -0.25) is 9.59 Å². The van der Waals surface area contributed by atoms with Gasteiger partial charge >= 0.3 is 0 Å². The first-order valence-electron chi connectivity index (χ1n) is 7.25. The van der Waals surface area contributed by atoms with Gasteiger partial charge in [-0.05, 0) is 31.7 Å². The van der Waals surface area contributed by atoms with E-state index in [2.05, 4.69) is 16.7 Å². The van der Waals surface area contributed by atoms with Crippen LogP contribution in [-0.2, 0) is 16.0 Å². The molecule has 1 aromatic rings. The highest BCUT2D eigenvalue weighted by Gasteiger charge is 2.28. The highest BCUT2D eigenvalue weighted by molar-refractivity contribution is 5.81. The molecule has 2 N–H and O–H groups in total. The van der Waals surface area contributed by atoms with Crippen LogP contribution < -0.4 is 10.6 Å². The number of hydrogen-bond acceptors (Lipinski definition) is 2. The Morgan fingerprint density at radius 1 is 1.20 bits per heavy atom. The fraction of sp³-hybridized carbons (Fsp3) is 0.500. The van der Waals surface area contributed by atoms with E-state index in [0.717, 1.165) is 19.3 Å². The van der Waals surface area contributed by atoms with Crippen molar-refractivity contribution in [2.45, 2.75) is 32.6 Å². The number of amides is 2. The first-order chi connectivity index (χ1) is 9.65. The normalized spacial score (nSPS) is 13.8. The van der Waals surface area contributed by atoms with Crippen molar-refractivity contribution in [2.24, 2.45) is 5.92 Å². The number of aryl methyl sites for hydroxylation is 2. The molecule has 1 aliphatic rings. The Labute approximate surface area is 119 Å². The van der Waals surface area contributed by atoms with Crippen LogP contribution in [0.3, 0.4) is 0 Å². The Morgan fingerprint density at radius 2 is 1.95 bits per heavy atom. The zero-order valence-electron chi connectivity index (χ0n) is 11.9. The van der Waals surface area contributed by atoms with Gasteiger partial charge < -0.3 is 10.6 Å². The molecule has 0 spiro atoms. The summed E-state index contributed by atoms with van der Waals surface area (Å²) in [5.74, 6) is 0.387. The molecule has 20 heavy (non-hydrogen) atoms. The third-order valence-corrected chi connectivity index (χ3v) is 3.42. The third kappa shape index (κ3) is 5.03. The lowest BCUT2D eigenvalue weighted by molar-refractivity contribution is -0.123. The Balaban J connectivity index is 1.57.